The lowest BCUT2D eigenvalue weighted by molar-refractivity contribution is 0.171. The zero-order valence-electron chi connectivity index (χ0n) is 11.0. The largest absolute Gasteiger partial charge is 0.486 e. The van der Waals surface area contributed by atoms with Crippen LogP contribution in [0.1, 0.15) is 11.3 Å². The molecule has 2 aromatic rings. The summed E-state index contributed by atoms with van der Waals surface area (Å²) in [6, 6.07) is 11.8. The van der Waals surface area contributed by atoms with Gasteiger partial charge in [-0.15, -0.1) is 0 Å². The summed E-state index contributed by atoms with van der Waals surface area (Å²) in [6.45, 7) is 1.23. The topological polar surface area (TPSA) is 31.4 Å². The van der Waals surface area contributed by atoms with Crippen molar-refractivity contribution in [2.24, 2.45) is 0 Å². The van der Waals surface area contributed by atoms with Crippen LogP contribution in [0.15, 0.2) is 54.7 Å². The Kier molecular flexibility index (Phi) is 3.78. The van der Waals surface area contributed by atoms with E-state index in [2.05, 4.69) is 4.98 Å². The molecule has 3 rings (SSSR count). The first-order valence-electron chi connectivity index (χ1n) is 6.57. The van der Waals surface area contributed by atoms with Crippen LogP contribution in [0.5, 0.6) is 11.5 Å². The molecule has 0 unspecified atom stereocenters. The fraction of sp³-hybridized carbons (Fsp3) is 0.118. The second kappa shape index (κ2) is 6.06. The summed E-state index contributed by atoms with van der Waals surface area (Å²) in [5, 5.41) is 0. The second-order valence-electron chi connectivity index (χ2n) is 4.38. The number of benzene rings is 1. The van der Waals surface area contributed by atoms with Gasteiger partial charge >= 0.3 is 0 Å². The zero-order valence-corrected chi connectivity index (χ0v) is 11.0. The van der Waals surface area contributed by atoms with E-state index in [9.17, 15) is 0 Å². The van der Waals surface area contributed by atoms with Gasteiger partial charge in [0.2, 0.25) is 0 Å². The number of nitrogens with zero attached hydrogens (tertiary/aromatic N) is 1. The van der Waals surface area contributed by atoms with Crippen LogP contribution in [-0.4, -0.2) is 18.2 Å². The Morgan fingerprint density at radius 2 is 1.75 bits per heavy atom. The van der Waals surface area contributed by atoms with Crippen LogP contribution in [-0.2, 0) is 0 Å². The van der Waals surface area contributed by atoms with Gasteiger partial charge in [0.25, 0.3) is 0 Å². The normalized spacial score (nSPS) is 14.0. The third kappa shape index (κ3) is 3.06. The molecule has 0 N–H and O–H groups in total. The van der Waals surface area contributed by atoms with Crippen molar-refractivity contribution in [2.75, 3.05) is 13.2 Å². The minimum absolute atomic E-state index is 0.611. The fourth-order valence-corrected chi connectivity index (χ4v) is 1.96. The van der Waals surface area contributed by atoms with Crippen molar-refractivity contribution in [3.05, 3.63) is 66.0 Å². The van der Waals surface area contributed by atoms with Crippen molar-refractivity contribution in [2.45, 2.75) is 0 Å². The highest BCUT2D eigenvalue weighted by Gasteiger charge is 2.10. The molecule has 0 saturated carbocycles. The second-order valence-corrected chi connectivity index (χ2v) is 4.38. The summed E-state index contributed by atoms with van der Waals surface area (Å²) in [6.07, 6.45) is 9.73. The Morgan fingerprint density at radius 1 is 0.900 bits per heavy atom. The van der Waals surface area contributed by atoms with Crippen molar-refractivity contribution in [3.63, 3.8) is 0 Å². The van der Waals surface area contributed by atoms with Gasteiger partial charge < -0.3 is 9.47 Å². The number of allylic oxidation sites excluding steroid dienone is 2. The van der Waals surface area contributed by atoms with E-state index in [0.717, 1.165) is 22.8 Å². The Morgan fingerprint density at radius 3 is 2.60 bits per heavy atom. The third-order valence-corrected chi connectivity index (χ3v) is 2.92. The first-order chi connectivity index (χ1) is 9.92. The number of hydrogen-bond acceptors (Lipinski definition) is 3. The summed E-state index contributed by atoms with van der Waals surface area (Å²) >= 11 is 0. The molecular formula is C17H15NO2. The van der Waals surface area contributed by atoms with Gasteiger partial charge in [0, 0.05) is 6.20 Å². The molecule has 1 aromatic heterocycles. The molecule has 0 saturated heterocycles. The number of hydrogen-bond donors (Lipinski definition) is 0. The molecule has 1 aromatic carbocycles. The number of ether oxygens (including phenoxy) is 2. The maximum atomic E-state index is 5.55. The number of aromatic nitrogens is 1. The van der Waals surface area contributed by atoms with Gasteiger partial charge in [-0.1, -0.05) is 30.4 Å². The van der Waals surface area contributed by atoms with Crippen LogP contribution in [0.2, 0.25) is 0 Å². The Bertz CT molecular complexity index is 633. The van der Waals surface area contributed by atoms with Crippen LogP contribution >= 0.6 is 0 Å². The standard InChI is InChI=1S/C17H15NO2/c1(2-6-15-7-3-4-10-18-15)5-14-8-9-16-17(13-14)20-12-11-19-16/h1-10,13H,11-12H2. The van der Waals surface area contributed by atoms with E-state index in [1.807, 2.05) is 60.7 Å². The Balaban J connectivity index is 1.68. The van der Waals surface area contributed by atoms with Gasteiger partial charge in [0.15, 0.2) is 11.5 Å². The quantitative estimate of drug-likeness (QED) is 0.795. The molecule has 0 aliphatic carbocycles. The molecule has 20 heavy (non-hydrogen) atoms. The van der Waals surface area contributed by atoms with Gasteiger partial charge in [0.1, 0.15) is 13.2 Å². The molecule has 1 aliphatic rings. The van der Waals surface area contributed by atoms with Gasteiger partial charge in [-0.25, -0.2) is 0 Å². The minimum Gasteiger partial charge on any atom is -0.486 e. The average molecular weight is 265 g/mol. The zero-order chi connectivity index (χ0) is 13.6. The van der Waals surface area contributed by atoms with Crippen LogP contribution in [0.25, 0.3) is 12.2 Å². The minimum atomic E-state index is 0.611. The van der Waals surface area contributed by atoms with Gasteiger partial charge in [0.05, 0.1) is 5.69 Å². The van der Waals surface area contributed by atoms with E-state index in [0.29, 0.717) is 13.2 Å². The molecule has 3 heteroatoms. The molecule has 2 heterocycles. The van der Waals surface area contributed by atoms with E-state index in [1.54, 1.807) is 6.20 Å². The summed E-state index contributed by atoms with van der Waals surface area (Å²) in [5.41, 5.74) is 2.03. The van der Waals surface area contributed by atoms with Crippen molar-refractivity contribution in [1.29, 1.82) is 0 Å². The van der Waals surface area contributed by atoms with Crippen molar-refractivity contribution >= 4 is 12.2 Å². The van der Waals surface area contributed by atoms with Gasteiger partial charge in [-0.05, 0) is 35.9 Å². The smallest absolute Gasteiger partial charge is 0.161 e. The first kappa shape index (κ1) is 12.5. The summed E-state index contributed by atoms with van der Waals surface area (Å²) in [7, 11) is 0. The highest BCUT2D eigenvalue weighted by atomic mass is 16.6. The lowest BCUT2D eigenvalue weighted by atomic mass is 10.2. The highest BCUT2D eigenvalue weighted by molar-refractivity contribution is 5.59. The van der Waals surface area contributed by atoms with Gasteiger partial charge in [-0.2, -0.15) is 0 Å². The van der Waals surface area contributed by atoms with E-state index in [-0.39, 0.29) is 0 Å². The first-order valence-corrected chi connectivity index (χ1v) is 6.57. The lowest BCUT2D eigenvalue weighted by Crippen LogP contribution is -2.15. The van der Waals surface area contributed by atoms with E-state index >= 15 is 0 Å². The predicted octanol–water partition coefficient (Wildman–Crippen LogP) is 3.58. The van der Waals surface area contributed by atoms with E-state index < -0.39 is 0 Å². The van der Waals surface area contributed by atoms with Crippen LogP contribution < -0.4 is 9.47 Å². The average Bonchev–Trinajstić information content (AvgIpc) is 2.52. The highest BCUT2D eigenvalue weighted by Crippen LogP contribution is 2.31. The molecule has 0 radical (unpaired) electrons. The Labute approximate surface area is 118 Å². The molecule has 1 aliphatic heterocycles. The van der Waals surface area contributed by atoms with E-state index in [4.69, 9.17) is 9.47 Å². The Hall–Kier alpha value is -2.55. The van der Waals surface area contributed by atoms with Crippen molar-refractivity contribution in [1.82, 2.24) is 4.98 Å². The van der Waals surface area contributed by atoms with Crippen LogP contribution in [0.3, 0.4) is 0 Å². The molecule has 100 valence electrons. The summed E-state index contributed by atoms with van der Waals surface area (Å²) in [4.78, 5) is 4.22. The molecule has 0 amide bonds. The number of rotatable bonds is 3. The molecule has 0 spiro atoms. The van der Waals surface area contributed by atoms with Crippen LogP contribution in [0.4, 0.5) is 0 Å². The lowest BCUT2D eigenvalue weighted by Gasteiger charge is -2.18. The number of fused-ring (bicyclic) bond motifs is 1. The maximum absolute atomic E-state index is 5.55. The van der Waals surface area contributed by atoms with Crippen LogP contribution in [0, 0.1) is 0 Å². The monoisotopic (exact) mass is 265 g/mol. The molecule has 0 bridgehead atoms. The van der Waals surface area contributed by atoms with Crippen molar-refractivity contribution in [3.8, 4) is 11.5 Å². The number of pyridine rings is 1. The maximum Gasteiger partial charge on any atom is 0.161 e. The van der Waals surface area contributed by atoms with E-state index in [1.165, 1.54) is 0 Å². The predicted molar refractivity (Wildman–Crippen MR) is 79.7 cm³/mol. The molecule has 0 atom stereocenters. The fourth-order valence-electron chi connectivity index (χ4n) is 1.96. The van der Waals surface area contributed by atoms with Gasteiger partial charge in [-0.3, -0.25) is 4.98 Å². The molecule has 0 fully saturated rings. The molecule has 3 nitrogen and oxygen atoms in total. The third-order valence-electron chi connectivity index (χ3n) is 2.92. The van der Waals surface area contributed by atoms with Crippen molar-refractivity contribution < 1.29 is 9.47 Å². The summed E-state index contributed by atoms with van der Waals surface area (Å²) < 4.78 is 11.0. The SMILES string of the molecule is C(C=Cc1ccccn1)=Cc1ccc2c(c1)OCCO2. The summed E-state index contributed by atoms with van der Waals surface area (Å²) in [5.74, 6) is 1.63. The molecular weight excluding hydrogens is 250 g/mol.